The maximum absolute atomic E-state index is 6.08. The van der Waals surface area contributed by atoms with E-state index in [4.69, 9.17) is 4.74 Å². The van der Waals surface area contributed by atoms with Crippen LogP contribution in [0.15, 0.2) is 0 Å². The second-order valence-corrected chi connectivity index (χ2v) is 5.21. The molecule has 2 heteroatoms. The molecule has 0 saturated heterocycles. The molecule has 0 aromatic heterocycles. The first kappa shape index (κ1) is 12.4. The summed E-state index contributed by atoms with van der Waals surface area (Å²) in [5.74, 6) is 0.879. The Kier molecular flexibility index (Phi) is 5.95. The monoisotopic (exact) mass is 216 g/mol. The quantitative estimate of drug-likeness (QED) is 0.615. The van der Waals surface area contributed by atoms with Gasteiger partial charge in [0.25, 0.3) is 0 Å². The average molecular weight is 216 g/mol. The van der Waals surface area contributed by atoms with Crippen molar-refractivity contribution in [3.05, 3.63) is 0 Å². The summed E-state index contributed by atoms with van der Waals surface area (Å²) in [6, 6.07) is 0. The van der Waals surface area contributed by atoms with E-state index in [1.807, 2.05) is 0 Å². The summed E-state index contributed by atoms with van der Waals surface area (Å²) in [5.41, 5.74) is 0.261. The summed E-state index contributed by atoms with van der Waals surface area (Å²) in [6.07, 6.45) is 12.8. The van der Waals surface area contributed by atoms with Gasteiger partial charge in [-0.25, -0.2) is 0 Å². The Morgan fingerprint density at radius 2 is 1.93 bits per heavy atom. The van der Waals surface area contributed by atoms with Crippen LogP contribution in [0.1, 0.15) is 58.3 Å². The molecule has 0 amide bonds. The third kappa shape index (κ3) is 3.82. The lowest BCUT2D eigenvalue weighted by molar-refractivity contribution is -0.0546. The molecule has 0 aromatic carbocycles. The van der Waals surface area contributed by atoms with Gasteiger partial charge in [-0.2, -0.15) is 0 Å². The van der Waals surface area contributed by atoms with E-state index in [0.717, 1.165) is 5.94 Å². The maximum atomic E-state index is 6.08. The number of hydrogen-bond acceptors (Lipinski definition) is 2. The molecule has 84 valence electrons. The second kappa shape index (κ2) is 6.73. The van der Waals surface area contributed by atoms with Crippen LogP contribution in [0.25, 0.3) is 0 Å². The number of thioether (sulfide) groups is 1. The Hall–Kier alpha value is 0.310. The van der Waals surface area contributed by atoms with Crippen LogP contribution in [-0.4, -0.2) is 17.8 Å². The topological polar surface area (TPSA) is 9.23 Å². The second-order valence-electron chi connectivity index (χ2n) is 4.40. The van der Waals surface area contributed by atoms with Gasteiger partial charge in [-0.3, -0.25) is 0 Å². The van der Waals surface area contributed by atoms with Crippen molar-refractivity contribution >= 4 is 11.8 Å². The Bertz CT molecular complexity index is 131. The molecule has 0 N–H and O–H groups in total. The first-order chi connectivity index (χ1) is 6.83. The molecule has 0 radical (unpaired) electrons. The van der Waals surface area contributed by atoms with Crippen molar-refractivity contribution in [2.45, 2.75) is 63.9 Å². The van der Waals surface area contributed by atoms with E-state index in [9.17, 15) is 0 Å². The number of hydrogen-bond donors (Lipinski definition) is 0. The number of ether oxygens (including phenoxy) is 1. The Morgan fingerprint density at radius 1 is 1.21 bits per heavy atom. The van der Waals surface area contributed by atoms with Gasteiger partial charge in [0.2, 0.25) is 0 Å². The minimum atomic E-state index is 0.261. The third-order valence-corrected chi connectivity index (χ3v) is 3.59. The fraction of sp³-hybridized carbons (Fsp3) is 1.00. The van der Waals surface area contributed by atoms with Gasteiger partial charge in [-0.1, -0.05) is 39.0 Å². The van der Waals surface area contributed by atoms with Crippen molar-refractivity contribution < 1.29 is 4.74 Å². The van der Waals surface area contributed by atoms with Crippen molar-refractivity contribution in [1.82, 2.24) is 0 Å². The first-order valence-electron chi connectivity index (χ1n) is 5.96. The van der Waals surface area contributed by atoms with Gasteiger partial charge in [0.1, 0.15) is 0 Å². The predicted octanol–water partition coefficient (Wildman–Crippen LogP) is 4.22. The number of rotatable bonds is 6. The smallest absolute Gasteiger partial charge is 0.0925 e. The fourth-order valence-electron chi connectivity index (χ4n) is 2.35. The molecular formula is C12H24OS. The van der Waals surface area contributed by atoms with Crippen LogP contribution in [0.3, 0.4) is 0 Å². The highest BCUT2D eigenvalue weighted by Gasteiger charge is 2.31. The van der Waals surface area contributed by atoms with E-state index < -0.39 is 0 Å². The van der Waals surface area contributed by atoms with Gasteiger partial charge >= 0.3 is 0 Å². The largest absolute Gasteiger partial charge is 0.364 e. The van der Waals surface area contributed by atoms with Crippen LogP contribution in [0, 0.1) is 0 Å². The van der Waals surface area contributed by atoms with Crippen molar-refractivity contribution in [1.29, 1.82) is 0 Å². The molecule has 1 fully saturated rings. The summed E-state index contributed by atoms with van der Waals surface area (Å²) >= 11 is 1.81. The Morgan fingerprint density at radius 3 is 2.50 bits per heavy atom. The van der Waals surface area contributed by atoms with Gasteiger partial charge in [0, 0.05) is 0 Å². The lowest BCUT2D eigenvalue weighted by Crippen LogP contribution is -2.35. The minimum Gasteiger partial charge on any atom is -0.364 e. The molecule has 0 atom stereocenters. The normalized spacial score (nSPS) is 21.0. The predicted molar refractivity (Wildman–Crippen MR) is 64.8 cm³/mol. The van der Waals surface area contributed by atoms with Gasteiger partial charge in [0.05, 0.1) is 11.5 Å². The molecule has 1 nitrogen and oxygen atoms in total. The highest BCUT2D eigenvalue weighted by Crippen LogP contribution is 2.36. The highest BCUT2D eigenvalue weighted by atomic mass is 32.2. The van der Waals surface area contributed by atoms with E-state index in [0.29, 0.717) is 0 Å². The highest BCUT2D eigenvalue weighted by molar-refractivity contribution is 7.98. The van der Waals surface area contributed by atoms with E-state index in [2.05, 4.69) is 13.2 Å². The average Bonchev–Trinajstić information content (AvgIpc) is 2.25. The lowest BCUT2D eigenvalue weighted by atomic mass is 9.81. The molecule has 0 aliphatic heterocycles. The van der Waals surface area contributed by atoms with Crippen LogP contribution in [0.4, 0.5) is 0 Å². The standard InChI is InChI=1S/C12H24OS/c1-3-4-8-12(13-11-14-2)9-6-5-7-10-12/h3-11H2,1-2H3. The van der Waals surface area contributed by atoms with Crippen molar-refractivity contribution in [3.8, 4) is 0 Å². The summed E-state index contributed by atoms with van der Waals surface area (Å²) in [4.78, 5) is 0. The molecule has 1 aliphatic carbocycles. The third-order valence-electron chi connectivity index (χ3n) is 3.23. The molecular weight excluding hydrogens is 192 g/mol. The van der Waals surface area contributed by atoms with E-state index in [1.54, 1.807) is 11.8 Å². The summed E-state index contributed by atoms with van der Waals surface area (Å²) in [6.45, 7) is 2.27. The van der Waals surface area contributed by atoms with Crippen LogP contribution >= 0.6 is 11.8 Å². The van der Waals surface area contributed by atoms with Gasteiger partial charge in [-0.15, -0.1) is 11.8 Å². The zero-order chi connectivity index (χ0) is 10.3. The van der Waals surface area contributed by atoms with E-state index >= 15 is 0 Å². The molecule has 1 rings (SSSR count). The maximum Gasteiger partial charge on any atom is 0.0925 e. The van der Waals surface area contributed by atoms with Crippen molar-refractivity contribution in [2.75, 3.05) is 12.2 Å². The SMILES string of the molecule is CCCCC1(OCSC)CCCCC1. The minimum absolute atomic E-state index is 0.261. The molecule has 1 saturated carbocycles. The number of unbranched alkanes of at least 4 members (excludes halogenated alkanes) is 1. The Labute approximate surface area is 93.0 Å². The molecule has 0 unspecified atom stereocenters. The molecule has 14 heavy (non-hydrogen) atoms. The van der Waals surface area contributed by atoms with Gasteiger partial charge < -0.3 is 4.74 Å². The zero-order valence-electron chi connectivity index (χ0n) is 9.68. The molecule has 0 bridgehead atoms. The van der Waals surface area contributed by atoms with Crippen LogP contribution < -0.4 is 0 Å². The first-order valence-corrected chi connectivity index (χ1v) is 7.35. The van der Waals surface area contributed by atoms with Crippen LogP contribution in [-0.2, 0) is 4.74 Å². The molecule has 1 aliphatic rings. The lowest BCUT2D eigenvalue weighted by Gasteiger charge is -2.37. The van der Waals surface area contributed by atoms with Crippen LogP contribution in [0.2, 0.25) is 0 Å². The zero-order valence-corrected chi connectivity index (χ0v) is 10.5. The van der Waals surface area contributed by atoms with Gasteiger partial charge in [0.15, 0.2) is 0 Å². The summed E-state index contributed by atoms with van der Waals surface area (Å²) in [7, 11) is 0. The Balaban J connectivity index is 2.39. The van der Waals surface area contributed by atoms with Crippen LogP contribution in [0.5, 0.6) is 0 Å². The molecule has 0 heterocycles. The summed E-state index contributed by atoms with van der Waals surface area (Å²) in [5, 5.41) is 0. The molecule has 0 spiro atoms. The fourth-order valence-corrected chi connectivity index (χ4v) is 2.71. The van der Waals surface area contributed by atoms with Crippen molar-refractivity contribution in [3.63, 3.8) is 0 Å². The van der Waals surface area contributed by atoms with E-state index in [-0.39, 0.29) is 5.60 Å². The van der Waals surface area contributed by atoms with Crippen molar-refractivity contribution in [2.24, 2.45) is 0 Å². The summed E-state index contributed by atoms with van der Waals surface area (Å²) < 4.78 is 6.08. The van der Waals surface area contributed by atoms with E-state index in [1.165, 1.54) is 51.4 Å². The molecule has 0 aromatic rings. The van der Waals surface area contributed by atoms with Gasteiger partial charge in [-0.05, 0) is 25.5 Å².